The van der Waals surface area contributed by atoms with Gasteiger partial charge in [-0.05, 0) is 32.1 Å². The van der Waals surface area contributed by atoms with Crippen LogP contribution < -0.4 is 5.32 Å². The predicted octanol–water partition coefficient (Wildman–Crippen LogP) is 5.14. The highest BCUT2D eigenvalue weighted by atomic mass is 35.5. The quantitative estimate of drug-likeness (QED) is 0.684. The Balaban J connectivity index is 1.64. The molecule has 28 heavy (non-hydrogen) atoms. The van der Waals surface area contributed by atoms with E-state index in [1.807, 2.05) is 4.90 Å². The fourth-order valence-electron chi connectivity index (χ4n) is 4.34. The zero-order chi connectivity index (χ0) is 19.9. The second-order valence-corrected chi connectivity index (χ2v) is 9.48. The van der Waals surface area contributed by atoms with E-state index in [0.717, 1.165) is 51.6 Å². The third-order valence-corrected chi connectivity index (χ3v) is 6.88. The highest BCUT2D eigenvalue weighted by molar-refractivity contribution is 7.19. The van der Waals surface area contributed by atoms with Crippen LogP contribution in [0.2, 0.25) is 4.34 Å². The first-order valence-corrected chi connectivity index (χ1v) is 11.8. The number of carbonyl (C=O) groups excluding carboxylic acids is 2. The molecule has 8 heteroatoms. The van der Waals surface area contributed by atoms with Gasteiger partial charge >= 0.3 is 6.03 Å². The minimum Gasteiger partial charge on any atom is -0.343 e. The number of amides is 3. The number of halogens is 1. The van der Waals surface area contributed by atoms with E-state index in [0.29, 0.717) is 15.9 Å². The van der Waals surface area contributed by atoms with Gasteiger partial charge in [0.1, 0.15) is 4.34 Å². The fourth-order valence-corrected chi connectivity index (χ4v) is 5.14. The molecule has 0 atom stereocenters. The Labute approximate surface area is 176 Å². The number of nitrogens with zero attached hydrogens (tertiary/aromatic N) is 3. The van der Waals surface area contributed by atoms with Crippen LogP contribution in [0.4, 0.5) is 9.93 Å². The lowest BCUT2D eigenvalue weighted by Crippen LogP contribution is -2.54. The Morgan fingerprint density at radius 3 is 2.50 bits per heavy atom. The van der Waals surface area contributed by atoms with Crippen LogP contribution >= 0.6 is 22.9 Å². The molecule has 1 aliphatic heterocycles. The van der Waals surface area contributed by atoms with Crippen LogP contribution in [-0.4, -0.2) is 51.9 Å². The number of anilines is 1. The molecule has 2 aliphatic rings. The van der Waals surface area contributed by atoms with Crippen LogP contribution in [0.25, 0.3) is 0 Å². The maximum atomic E-state index is 13.1. The van der Waals surface area contributed by atoms with E-state index in [1.165, 1.54) is 30.6 Å². The van der Waals surface area contributed by atoms with Gasteiger partial charge < -0.3 is 9.80 Å². The number of nitrogens with one attached hydrogen (secondary N) is 1. The van der Waals surface area contributed by atoms with Crippen LogP contribution in [0.5, 0.6) is 0 Å². The van der Waals surface area contributed by atoms with E-state index < -0.39 is 0 Å². The van der Waals surface area contributed by atoms with Crippen molar-refractivity contribution in [2.24, 2.45) is 0 Å². The van der Waals surface area contributed by atoms with Crippen LogP contribution in [0.15, 0.2) is 6.20 Å². The molecule has 1 aromatic heterocycles. The van der Waals surface area contributed by atoms with Crippen molar-refractivity contribution < 1.29 is 9.59 Å². The molecule has 1 aliphatic carbocycles. The van der Waals surface area contributed by atoms with Gasteiger partial charge in [-0.3, -0.25) is 10.1 Å². The van der Waals surface area contributed by atoms with Crippen molar-refractivity contribution in [1.82, 2.24) is 14.8 Å². The summed E-state index contributed by atoms with van der Waals surface area (Å²) in [5.41, 5.74) is 0. The van der Waals surface area contributed by atoms with E-state index in [-0.39, 0.29) is 24.0 Å². The van der Waals surface area contributed by atoms with Crippen molar-refractivity contribution in [3.8, 4) is 0 Å². The number of rotatable bonds is 6. The lowest BCUT2D eigenvalue weighted by atomic mass is 9.91. The summed E-state index contributed by atoms with van der Waals surface area (Å²) in [6, 6.07) is 0.374. The molecule has 0 spiro atoms. The molecule has 1 aromatic rings. The zero-order valence-electron chi connectivity index (χ0n) is 16.7. The first-order valence-electron chi connectivity index (χ1n) is 10.6. The van der Waals surface area contributed by atoms with Gasteiger partial charge in [0, 0.05) is 31.6 Å². The second-order valence-electron chi connectivity index (χ2n) is 7.81. The van der Waals surface area contributed by atoms with Gasteiger partial charge in [-0.15, -0.1) is 0 Å². The normalized spacial score (nSPS) is 18.9. The molecule has 1 saturated heterocycles. The minimum absolute atomic E-state index is 0.0753. The first-order chi connectivity index (χ1) is 13.6. The molecule has 0 unspecified atom stereocenters. The number of urea groups is 1. The summed E-state index contributed by atoms with van der Waals surface area (Å²) in [6.45, 7) is 3.59. The van der Waals surface area contributed by atoms with E-state index in [4.69, 9.17) is 11.6 Å². The Bertz CT molecular complexity index is 654. The number of carbonyl (C=O) groups is 2. The van der Waals surface area contributed by atoms with Crippen molar-refractivity contribution in [3.63, 3.8) is 0 Å². The predicted molar refractivity (Wildman–Crippen MR) is 114 cm³/mol. The van der Waals surface area contributed by atoms with Gasteiger partial charge in [0.05, 0.1) is 6.20 Å². The van der Waals surface area contributed by atoms with Gasteiger partial charge in [0.2, 0.25) is 5.91 Å². The molecule has 0 aromatic carbocycles. The van der Waals surface area contributed by atoms with E-state index in [1.54, 1.807) is 6.20 Å². The SMILES string of the molecule is CCCCC(=O)N1CCC(N(C(=O)Nc2ncc(Cl)s2)C2CCCCC2)CC1. The third-order valence-electron chi connectivity index (χ3n) is 5.85. The van der Waals surface area contributed by atoms with E-state index in [2.05, 4.69) is 22.1 Å². The first kappa shape index (κ1) is 21.4. The summed E-state index contributed by atoms with van der Waals surface area (Å²) in [6.07, 6.45) is 11.6. The minimum atomic E-state index is -0.0753. The van der Waals surface area contributed by atoms with Gasteiger partial charge in [-0.25, -0.2) is 9.78 Å². The molecule has 6 nitrogen and oxygen atoms in total. The van der Waals surface area contributed by atoms with Gasteiger partial charge in [-0.1, -0.05) is 55.5 Å². The standard InChI is InChI=1S/C20H31ClN4O2S/c1-2-3-9-18(26)24-12-10-16(11-13-24)25(15-7-5-4-6-8-15)20(27)23-19-22-14-17(21)28-19/h14-16H,2-13H2,1H3,(H,22,23,27). The second kappa shape index (κ2) is 10.4. The van der Waals surface area contributed by atoms with Gasteiger partial charge in [0.15, 0.2) is 5.13 Å². The van der Waals surface area contributed by atoms with E-state index >= 15 is 0 Å². The molecule has 2 fully saturated rings. The smallest absolute Gasteiger partial charge is 0.324 e. The maximum absolute atomic E-state index is 13.1. The highest BCUT2D eigenvalue weighted by Crippen LogP contribution is 2.30. The molecular formula is C20H31ClN4O2S. The molecule has 156 valence electrons. The molecule has 2 heterocycles. The van der Waals surface area contributed by atoms with Crippen LogP contribution in [0.1, 0.15) is 71.1 Å². The molecule has 3 amide bonds. The molecule has 0 bridgehead atoms. The summed E-state index contributed by atoms with van der Waals surface area (Å²) in [5.74, 6) is 0.256. The number of thiazole rings is 1. The molecular weight excluding hydrogens is 396 g/mol. The van der Waals surface area contributed by atoms with Crippen molar-refractivity contribution in [2.45, 2.75) is 83.2 Å². The molecule has 3 rings (SSSR count). The third kappa shape index (κ3) is 5.60. The van der Waals surface area contributed by atoms with Crippen molar-refractivity contribution >= 4 is 40.0 Å². The van der Waals surface area contributed by atoms with Crippen molar-refractivity contribution in [3.05, 3.63) is 10.5 Å². The summed E-state index contributed by atoms with van der Waals surface area (Å²) in [5, 5.41) is 3.49. The molecule has 0 radical (unpaired) electrons. The fraction of sp³-hybridized carbons (Fsp3) is 0.750. The molecule has 1 saturated carbocycles. The lowest BCUT2D eigenvalue weighted by molar-refractivity contribution is -0.132. The summed E-state index contributed by atoms with van der Waals surface area (Å²) in [4.78, 5) is 33.7. The zero-order valence-corrected chi connectivity index (χ0v) is 18.2. The highest BCUT2D eigenvalue weighted by Gasteiger charge is 2.35. The molecule has 1 N–H and O–H groups in total. The summed E-state index contributed by atoms with van der Waals surface area (Å²) in [7, 11) is 0. The Morgan fingerprint density at radius 2 is 1.89 bits per heavy atom. The van der Waals surface area contributed by atoms with Gasteiger partial charge in [-0.2, -0.15) is 0 Å². The van der Waals surface area contributed by atoms with Crippen LogP contribution in [0.3, 0.4) is 0 Å². The number of likely N-dealkylation sites (tertiary alicyclic amines) is 1. The number of hydrogen-bond donors (Lipinski definition) is 1. The van der Waals surface area contributed by atoms with Crippen LogP contribution in [0, 0.1) is 0 Å². The number of aromatic nitrogens is 1. The Hall–Kier alpha value is -1.34. The lowest BCUT2D eigenvalue weighted by Gasteiger charge is -2.43. The van der Waals surface area contributed by atoms with Gasteiger partial charge in [0.25, 0.3) is 0 Å². The number of piperidine rings is 1. The Kier molecular flexibility index (Phi) is 7.97. The van der Waals surface area contributed by atoms with Crippen LogP contribution in [-0.2, 0) is 4.79 Å². The number of hydrogen-bond acceptors (Lipinski definition) is 4. The Morgan fingerprint density at radius 1 is 1.21 bits per heavy atom. The topological polar surface area (TPSA) is 65.5 Å². The average Bonchev–Trinajstić information content (AvgIpc) is 3.12. The summed E-state index contributed by atoms with van der Waals surface area (Å²) >= 11 is 7.24. The van der Waals surface area contributed by atoms with E-state index in [9.17, 15) is 9.59 Å². The van der Waals surface area contributed by atoms with Crippen molar-refractivity contribution in [2.75, 3.05) is 18.4 Å². The monoisotopic (exact) mass is 426 g/mol. The largest absolute Gasteiger partial charge is 0.343 e. The van der Waals surface area contributed by atoms with Crippen molar-refractivity contribution in [1.29, 1.82) is 0 Å². The summed E-state index contributed by atoms with van der Waals surface area (Å²) < 4.78 is 0.568. The maximum Gasteiger partial charge on any atom is 0.324 e. The average molecular weight is 427 g/mol. The number of unbranched alkanes of at least 4 members (excludes halogenated alkanes) is 1.